The molecule has 1 aromatic carbocycles. The van der Waals surface area contributed by atoms with Crippen molar-refractivity contribution in [3.05, 3.63) is 69.9 Å². The molecule has 2 aromatic rings. The molecular weight excluding hydrogens is 490 g/mol. The fourth-order valence-corrected chi connectivity index (χ4v) is 6.35. The number of rotatable bonds is 4. The van der Waals surface area contributed by atoms with Crippen LogP contribution in [0.2, 0.25) is 0 Å². The van der Waals surface area contributed by atoms with E-state index in [2.05, 4.69) is 4.98 Å². The van der Waals surface area contributed by atoms with E-state index in [1.54, 1.807) is 32.6 Å². The molecule has 1 aromatic heterocycles. The van der Waals surface area contributed by atoms with Gasteiger partial charge in [0, 0.05) is 29.4 Å². The van der Waals surface area contributed by atoms with Gasteiger partial charge in [-0.05, 0) is 68.1 Å². The summed E-state index contributed by atoms with van der Waals surface area (Å²) in [4.78, 5) is 45.1. The number of hydrogen-bond acceptors (Lipinski definition) is 9. The highest BCUT2D eigenvalue weighted by molar-refractivity contribution is 6.24. The lowest BCUT2D eigenvalue weighted by atomic mass is 9.58. The number of aliphatic hydroxyl groups excluding tert-OH is 2. The number of aromatic hydroxyl groups is 1. The Morgan fingerprint density at radius 2 is 1.89 bits per heavy atom. The van der Waals surface area contributed by atoms with Gasteiger partial charge < -0.3 is 26.2 Å². The minimum atomic E-state index is -2.66. The lowest BCUT2D eigenvalue weighted by Gasteiger charge is -2.50. The van der Waals surface area contributed by atoms with Crippen molar-refractivity contribution in [2.45, 2.75) is 37.8 Å². The molecule has 0 saturated carbocycles. The molecule has 4 unspecified atom stereocenters. The molecule has 0 fully saturated rings. The normalized spacial score (nSPS) is 26.8. The number of phenols is 1. The van der Waals surface area contributed by atoms with Gasteiger partial charge in [0.2, 0.25) is 5.78 Å². The van der Waals surface area contributed by atoms with Gasteiger partial charge in [-0.3, -0.25) is 24.3 Å². The fourth-order valence-electron chi connectivity index (χ4n) is 6.35. The maximum absolute atomic E-state index is 13.8. The summed E-state index contributed by atoms with van der Waals surface area (Å²) in [5.74, 6) is -6.70. The quantitative estimate of drug-likeness (QED) is 0.377. The lowest BCUT2D eigenvalue weighted by molar-refractivity contribution is -0.148. The van der Waals surface area contributed by atoms with Crippen LogP contribution in [0.4, 0.5) is 0 Å². The van der Waals surface area contributed by atoms with Crippen molar-refractivity contribution < 1.29 is 34.8 Å². The molecule has 1 amide bonds. The minimum Gasteiger partial charge on any atom is -0.510 e. The third kappa shape index (κ3) is 3.40. The molecule has 10 nitrogen and oxygen atoms in total. The number of amides is 1. The number of allylic oxidation sites excluding steroid dienone is 1. The largest absolute Gasteiger partial charge is 0.510 e. The molecule has 3 aliphatic rings. The molecule has 4 atom stereocenters. The average Bonchev–Trinajstić information content (AvgIpc) is 2.86. The first-order chi connectivity index (χ1) is 17.9. The molecule has 3 aliphatic carbocycles. The SMILES string of the molecule is CCc1cncc(-c2ccc(O)c3c2CC2CC4C(N(C)C)C(O)=C(C(N)=O)C(=O)C4(O)C(O)=C2C3=O)c1. The number of carbonyl (C=O) groups excluding carboxylic acids is 3. The number of Topliss-reactive ketones (excluding diaryl/α,β-unsaturated/α-hetero) is 2. The molecular formula is C28H29N3O7. The van der Waals surface area contributed by atoms with E-state index in [-0.39, 0.29) is 29.7 Å². The first-order valence-corrected chi connectivity index (χ1v) is 12.4. The van der Waals surface area contributed by atoms with Crippen molar-refractivity contribution >= 4 is 17.5 Å². The molecule has 1 heterocycles. The zero-order chi connectivity index (χ0) is 27.7. The topological polar surface area (TPSA) is 174 Å². The predicted molar refractivity (Wildman–Crippen MR) is 136 cm³/mol. The van der Waals surface area contributed by atoms with Crippen LogP contribution >= 0.6 is 0 Å². The number of carbonyl (C=O) groups is 3. The molecule has 5 rings (SSSR count). The second kappa shape index (κ2) is 8.78. The van der Waals surface area contributed by atoms with Crippen LogP contribution < -0.4 is 5.73 Å². The average molecular weight is 520 g/mol. The highest BCUT2D eigenvalue weighted by Crippen LogP contribution is 2.53. The van der Waals surface area contributed by atoms with Gasteiger partial charge in [-0.2, -0.15) is 0 Å². The molecule has 0 saturated heterocycles. The van der Waals surface area contributed by atoms with Crippen LogP contribution in [0.5, 0.6) is 5.75 Å². The van der Waals surface area contributed by atoms with Crippen molar-refractivity contribution in [1.82, 2.24) is 9.88 Å². The zero-order valence-corrected chi connectivity index (χ0v) is 21.2. The Morgan fingerprint density at radius 3 is 2.53 bits per heavy atom. The first-order valence-electron chi connectivity index (χ1n) is 12.4. The molecule has 198 valence electrons. The minimum absolute atomic E-state index is 0.0230. The number of ketones is 2. The molecule has 0 bridgehead atoms. The number of phenolic OH excluding ortho intramolecular Hbond substituents is 1. The van der Waals surface area contributed by atoms with Gasteiger partial charge in [-0.25, -0.2) is 0 Å². The van der Waals surface area contributed by atoms with E-state index in [1.807, 2.05) is 13.0 Å². The van der Waals surface area contributed by atoms with Crippen LogP contribution in [-0.4, -0.2) is 73.5 Å². The molecule has 10 heteroatoms. The van der Waals surface area contributed by atoms with Gasteiger partial charge in [0.25, 0.3) is 5.91 Å². The molecule has 0 aliphatic heterocycles. The number of hydrogen-bond donors (Lipinski definition) is 5. The monoisotopic (exact) mass is 519 g/mol. The third-order valence-corrected chi connectivity index (χ3v) is 8.12. The van der Waals surface area contributed by atoms with Crippen LogP contribution in [0.15, 0.2) is 53.3 Å². The summed E-state index contributed by atoms with van der Waals surface area (Å²) in [6, 6.07) is 4.03. The number of fused-ring (bicyclic) bond motifs is 3. The van der Waals surface area contributed by atoms with E-state index < -0.39 is 58.0 Å². The van der Waals surface area contributed by atoms with E-state index in [9.17, 15) is 34.8 Å². The fraction of sp³-hybridized carbons (Fsp3) is 0.357. The summed E-state index contributed by atoms with van der Waals surface area (Å²) < 4.78 is 0. The highest BCUT2D eigenvalue weighted by Gasteiger charge is 2.63. The van der Waals surface area contributed by atoms with Crippen LogP contribution in [0.25, 0.3) is 11.1 Å². The Bertz CT molecular complexity index is 1470. The summed E-state index contributed by atoms with van der Waals surface area (Å²) in [6.45, 7) is 2.00. The number of aliphatic hydroxyl groups is 3. The van der Waals surface area contributed by atoms with E-state index in [1.165, 1.54) is 11.0 Å². The Labute approximate surface area is 218 Å². The van der Waals surface area contributed by atoms with E-state index in [4.69, 9.17) is 5.73 Å². The maximum atomic E-state index is 13.8. The Hall–Kier alpha value is -4.02. The number of aryl methyl sites for hydroxylation is 1. The Morgan fingerprint density at radius 1 is 1.18 bits per heavy atom. The van der Waals surface area contributed by atoms with Gasteiger partial charge in [-0.1, -0.05) is 13.0 Å². The Kier molecular flexibility index (Phi) is 5.92. The van der Waals surface area contributed by atoms with E-state index >= 15 is 0 Å². The van der Waals surface area contributed by atoms with E-state index in [0.717, 1.165) is 17.5 Å². The maximum Gasteiger partial charge on any atom is 0.255 e. The summed E-state index contributed by atoms with van der Waals surface area (Å²) in [5.41, 5.74) is 4.71. The van der Waals surface area contributed by atoms with Crippen molar-refractivity contribution in [2.24, 2.45) is 17.6 Å². The van der Waals surface area contributed by atoms with Gasteiger partial charge in [-0.15, -0.1) is 0 Å². The molecule has 38 heavy (non-hydrogen) atoms. The van der Waals surface area contributed by atoms with Crippen molar-refractivity contribution in [3.63, 3.8) is 0 Å². The second-order valence-corrected chi connectivity index (χ2v) is 10.4. The lowest BCUT2D eigenvalue weighted by Crippen LogP contribution is -2.63. The van der Waals surface area contributed by atoms with Crippen molar-refractivity contribution in [2.75, 3.05) is 14.1 Å². The molecule has 6 N–H and O–H groups in total. The number of nitrogens with zero attached hydrogens (tertiary/aromatic N) is 2. The number of pyridine rings is 1. The number of nitrogens with two attached hydrogens (primary N) is 1. The van der Waals surface area contributed by atoms with Crippen LogP contribution in [0, 0.1) is 11.8 Å². The van der Waals surface area contributed by atoms with Gasteiger partial charge in [0.05, 0.1) is 11.6 Å². The van der Waals surface area contributed by atoms with Gasteiger partial charge in [0.1, 0.15) is 22.8 Å². The van der Waals surface area contributed by atoms with Gasteiger partial charge >= 0.3 is 0 Å². The van der Waals surface area contributed by atoms with Crippen LogP contribution in [0.3, 0.4) is 0 Å². The summed E-state index contributed by atoms with van der Waals surface area (Å²) in [5, 5.41) is 44.6. The van der Waals surface area contributed by atoms with Crippen molar-refractivity contribution in [3.8, 4) is 16.9 Å². The smallest absolute Gasteiger partial charge is 0.255 e. The summed E-state index contributed by atoms with van der Waals surface area (Å²) >= 11 is 0. The highest BCUT2D eigenvalue weighted by atomic mass is 16.3. The van der Waals surface area contributed by atoms with Crippen molar-refractivity contribution in [1.29, 1.82) is 0 Å². The number of aromatic nitrogens is 1. The Balaban J connectivity index is 1.72. The number of benzene rings is 1. The van der Waals surface area contributed by atoms with E-state index in [0.29, 0.717) is 11.1 Å². The third-order valence-electron chi connectivity index (χ3n) is 8.12. The van der Waals surface area contributed by atoms with Crippen LogP contribution in [0.1, 0.15) is 34.8 Å². The summed E-state index contributed by atoms with van der Waals surface area (Å²) in [7, 11) is 3.19. The van der Waals surface area contributed by atoms with Gasteiger partial charge in [0.15, 0.2) is 11.4 Å². The summed E-state index contributed by atoms with van der Waals surface area (Å²) in [6.07, 6.45) is 4.44. The zero-order valence-electron chi connectivity index (χ0n) is 21.2. The number of likely N-dealkylation sites (N-methyl/N-ethyl adjacent to an activating group) is 1. The van der Waals surface area contributed by atoms with Crippen LogP contribution in [-0.2, 0) is 22.4 Å². The number of primary amides is 1. The first kappa shape index (κ1) is 25.6. The second-order valence-electron chi connectivity index (χ2n) is 10.4. The predicted octanol–water partition coefficient (Wildman–Crippen LogP) is 1.75. The standard InChI is InChI=1S/C28H29N3O7/c1-4-12-7-14(11-30-10-12)15-5-6-18(32)20-16(15)8-13-9-17-22(31(2)3)24(34)21(27(29)37)26(36)28(17,38)25(35)19(13)23(20)33/h5-7,10-11,13,17,22,32,34-35,38H,4,8-9H2,1-3H3,(H2,29,37). The molecule has 0 radical (unpaired) electrons. The molecule has 0 spiro atoms.